The van der Waals surface area contributed by atoms with Crippen molar-refractivity contribution in [1.82, 2.24) is 24.8 Å². The zero-order valence-corrected chi connectivity index (χ0v) is 19.9. The quantitative estimate of drug-likeness (QED) is 0.437. The first-order valence-corrected chi connectivity index (χ1v) is 11.5. The van der Waals surface area contributed by atoms with E-state index >= 15 is 0 Å². The fourth-order valence-electron chi connectivity index (χ4n) is 4.39. The van der Waals surface area contributed by atoms with Gasteiger partial charge in [0.15, 0.2) is 0 Å². The minimum absolute atomic E-state index is 0.0180. The number of aromatic nitrogens is 3. The molecule has 0 atom stereocenters. The Labute approximate surface area is 207 Å². The molecule has 9 heteroatoms. The number of pyridine rings is 1. The Morgan fingerprint density at radius 2 is 1.61 bits per heavy atom. The van der Waals surface area contributed by atoms with Crippen molar-refractivity contribution < 1.29 is 18.7 Å². The van der Waals surface area contributed by atoms with Crippen LogP contribution in [0, 0.1) is 5.82 Å². The van der Waals surface area contributed by atoms with Crippen LogP contribution in [0.1, 0.15) is 17.3 Å². The summed E-state index contributed by atoms with van der Waals surface area (Å²) in [4.78, 5) is 41.2. The second-order valence-corrected chi connectivity index (χ2v) is 8.57. The monoisotopic (exact) mass is 485 g/mol. The molecule has 3 heterocycles. The first kappa shape index (κ1) is 23.3. The number of ether oxygens (including phenoxy) is 1. The van der Waals surface area contributed by atoms with Crippen molar-refractivity contribution >= 4 is 22.7 Å². The fraction of sp³-hybridized carbons (Fsp3) is 0.222. The van der Waals surface area contributed by atoms with Gasteiger partial charge < -0.3 is 14.5 Å². The summed E-state index contributed by atoms with van der Waals surface area (Å²) in [5, 5.41) is 0.727. The van der Waals surface area contributed by atoms with Crippen LogP contribution in [0.4, 0.5) is 4.39 Å². The lowest BCUT2D eigenvalue weighted by Gasteiger charge is -2.34. The Hall–Kier alpha value is -4.40. The predicted octanol–water partition coefficient (Wildman–Crippen LogP) is 3.81. The van der Waals surface area contributed by atoms with Gasteiger partial charge in [-0.2, -0.15) is 0 Å². The summed E-state index contributed by atoms with van der Waals surface area (Å²) in [5.41, 5.74) is 3.72. The number of piperazine rings is 1. The average Bonchev–Trinajstić information content (AvgIpc) is 2.91. The van der Waals surface area contributed by atoms with E-state index in [4.69, 9.17) is 4.74 Å². The van der Waals surface area contributed by atoms with Gasteiger partial charge in [0.25, 0.3) is 5.91 Å². The topological polar surface area (TPSA) is 88.5 Å². The number of carbonyl (C=O) groups excluding carboxylic acids is 2. The van der Waals surface area contributed by atoms with Crippen LogP contribution in [0.2, 0.25) is 0 Å². The molecule has 0 unspecified atom stereocenters. The highest BCUT2D eigenvalue weighted by molar-refractivity contribution is 5.99. The summed E-state index contributed by atoms with van der Waals surface area (Å²) in [6.07, 6.45) is 3.15. The molecule has 36 heavy (non-hydrogen) atoms. The van der Waals surface area contributed by atoms with E-state index in [1.54, 1.807) is 35.2 Å². The fourth-order valence-corrected chi connectivity index (χ4v) is 4.39. The number of nitrogens with zero attached hydrogens (tertiary/aromatic N) is 5. The average molecular weight is 486 g/mol. The van der Waals surface area contributed by atoms with Gasteiger partial charge in [0, 0.05) is 67.4 Å². The number of benzene rings is 2. The first-order valence-electron chi connectivity index (χ1n) is 11.5. The van der Waals surface area contributed by atoms with Gasteiger partial charge in [0.05, 0.1) is 18.3 Å². The van der Waals surface area contributed by atoms with Crippen molar-refractivity contribution in [3.05, 3.63) is 72.4 Å². The summed E-state index contributed by atoms with van der Waals surface area (Å²) >= 11 is 0. The van der Waals surface area contributed by atoms with E-state index in [0.29, 0.717) is 48.8 Å². The minimum Gasteiger partial charge on any atom is -0.481 e. The highest BCUT2D eigenvalue weighted by Crippen LogP contribution is 2.31. The van der Waals surface area contributed by atoms with Crippen molar-refractivity contribution in [3.63, 3.8) is 0 Å². The highest BCUT2D eigenvalue weighted by Gasteiger charge is 2.24. The van der Waals surface area contributed by atoms with Crippen LogP contribution >= 0.6 is 0 Å². The standard InChI is InChI=1S/C27H24FN5O3/c1-17(34)32-7-9-33(10-8-32)27(35)21-11-20(12-22(28)13-21)26-23-14-18(3-5-24(23)30-16-31-26)19-4-6-25(36-2)29-15-19/h3-6,11-16H,7-10H2,1-2H3. The predicted molar refractivity (Wildman–Crippen MR) is 133 cm³/mol. The van der Waals surface area contributed by atoms with Crippen molar-refractivity contribution in [2.45, 2.75) is 6.92 Å². The SMILES string of the molecule is COc1ccc(-c2ccc3ncnc(-c4cc(F)cc(C(=O)N5CCN(C(C)=O)CC5)c4)c3c2)cn1. The molecule has 0 saturated carbocycles. The molecule has 8 nitrogen and oxygen atoms in total. The molecule has 5 rings (SSSR count). The zero-order valence-electron chi connectivity index (χ0n) is 19.9. The Morgan fingerprint density at radius 3 is 2.31 bits per heavy atom. The van der Waals surface area contributed by atoms with E-state index in [1.807, 2.05) is 24.3 Å². The molecule has 2 aromatic carbocycles. The van der Waals surface area contributed by atoms with Gasteiger partial charge in [0.2, 0.25) is 11.8 Å². The summed E-state index contributed by atoms with van der Waals surface area (Å²) in [6.45, 7) is 3.24. The molecular formula is C27H24FN5O3. The van der Waals surface area contributed by atoms with Crippen LogP contribution in [0.15, 0.2) is 61.1 Å². The van der Waals surface area contributed by atoms with Crippen molar-refractivity contribution in [2.75, 3.05) is 33.3 Å². The van der Waals surface area contributed by atoms with Crippen LogP contribution < -0.4 is 4.74 Å². The van der Waals surface area contributed by atoms with E-state index in [1.165, 1.54) is 25.4 Å². The Kier molecular flexibility index (Phi) is 6.28. The molecule has 4 aromatic rings. The lowest BCUT2D eigenvalue weighted by Crippen LogP contribution is -2.50. The Morgan fingerprint density at radius 1 is 0.861 bits per heavy atom. The molecule has 0 bridgehead atoms. The maximum atomic E-state index is 14.7. The molecular weight excluding hydrogens is 461 g/mol. The smallest absolute Gasteiger partial charge is 0.254 e. The third-order valence-corrected chi connectivity index (χ3v) is 6.34. The van der Waals surface area contributed by atoms with E-state index in [-0.39, 0.29) is 17.4 Å². The molecule has 2 amide bonds. The zero-order chi connectivity index (χ0) is 25.2. The van der Waals surface area contributed by atoms with Crippen LogP contribution in [-0.2, 0) is 4.79 Å². The second-order valence-electron chi connectivity index (χ2n) is 8.57. The van der Waals surface area contributed by atoms with E-state index < -0.39 is 5.82 Å². The second kappa shape index (κ2) is 9.69. The lowest BCUT2D eigenvalue weighted by atomic mass is 9.99. The summed E-state index contributed by atoms with van der Waals surface area (Å²) in [5.74, 6) is -0.304. The Bertz CT molecular complexity index is 1450. The number of carbonyl (C=O) groups is 2. The molecule has 2 aromatic heterocycles. The van der Waals surface area contributed by atoms with Gasteiger partial charge in [-0.15, -0.1) is 0 Å². The molecule has 0 N–H and O–H groups in total. The molecule has 182 valence electrons. The van der Waals surface area contributed by atoms with Crippen molar-refractivity contribution in [3.8, 4) is 28.3 Å². The number of halogens is 1. The third kappa shape index (κ3) is 4.59. The van der Waals surface area contributed by atoms with Crippen LogP contribution in [0.3, 0.4) is 0 Å². The molecule has 1 saturated heterocycles. The first-order chi connectivity index (χ1) is 17.4. The molecule has 0 spiro atoms. The number of hydrogen-bond acceptors (Lipinski definition) is 6. The maximum Gasteiger partial charge on any atom is 0.254 e. The third-order valence-electron chi connectivity index (χ3n) is 6.34. The number of amides is 2. The van der Waals surface area contributed by atoms with E-state index in [0.717, 1.165) is 16.5 Å². The van der Waals surface area contributed by atoms with Gasteiger partial charge in [-0.25, -0.2) is 19.3 Å². The maximum absolute atomic E-state index is 14.7. The van der Waals surface area contributed by atoms with Gasteiger partial charge in [-0.3, -0.25) is 9.59 Å². The molecule has 0 radical (unpaired) electrons. The van der Waals surface area contributed by atoms with E-state index in [2.05, 4.69) is 15.0 Å². The lowest BCUT2D eigenvalue weighted by molar-refractivity contribution is -0.130. The summed E-state index contributed by atoms with van der Waals surface area (Å²) in [7, 11) is 1.56. The van der Waals surface area contributed by atoms with Gasteiger partial charge in [-0.05, 0) is 42.0 Å². The van der Waals surface area contributed by atoms with E-state index in [9.17, 15) is 14.0 Å². The summed E-state index contributed by atoms with van der Waals surface area (Å²) < 4.78 is 19.9. The highest BCUT2D eigenvalue weighted by atomic mass is 19.1. The number of hydrogen-bond donors (Lipinski definition) is 0. The van der Waals surface area contributed by atoms with Gasteiger partial charge in [-0.1, -0.05) is 6.07 Å². The van der Waals surface area contributed by atoms with Crippen LogP contribution in [0.5, 0.6) is 5.88 Å². The largest absolute Gasteiger partial charge is 0.481 e. The molecule has 0 aliphatic carbocycles. The summed E-state index contributed by atoms with van der Waals surface area (Å²) in [6, 6.07) is 13.7. The van der Waals surface area contributed by atoms with Crippen molar-refractivity contribution in [1.29, 1.82) is 0 Å². The number of fused-ring (bicyclic) bond motifs is 1. The number of rotatable bonds is 4. The normalized spacial score (nSPS) is 13.6. The van der Waals surface area contributed by atoms with Gasteiger partial charge >= 0.3 is 0 Å². The molecule has 1 aliphatic heterocycles. The van der Waals surface area contributed by atoms with Crippen LogP contribution in [0.25, 0.3) is 33.3 Å². The number of methoxy groups -OCH3 is 1. The van der Waals surface area contributed by atoms with Crippen molar-refractivity contribution in [2.24, 2.45) is 0 Å². The molecule has 1 fully saturated rings. The Balaban J connectivity index is 1.50. The van der Waals surface area contributed by atoms with Gasteiger partial charge in [0.1, 0.15) is 12.1 Å². The van der Waals surface area contributed by atoms with Crippen LogP contribution in [-0.4, -0.2) is 69.9 Å². The molecule has 1 aliphatic rings. The minimum atomic E-state index is -0.527.